The Labute approximate surface area is 438 Å². The summed E-state index contributed by atoms with van der Waals surface area (Å²) >= 11 is 0. The lowest BCUT2D eigenvalue weighted by atomic mass is 9.83. The molecule has 398 valence electrons. The Morgan fingerprint density at radius 1 is 0.595 bits per heavy atom. The van der Waals surface area contributed by atoms with E-state index in [2.05, 4.69) is 62.4 Å². The molecular weight excluding hydrogens is 935 g/mol. The summed E-state index contributed by atoms with van der Waals surface area (Å²) in [6.07, 6.45) is 13.2. The molecule has 4 fully saturated rings. The molecule has 15 nitrogen and oxygen atoms in total. The maximum absolute atomic E-state index is 14.4. The molecule has 2 saturated carbocycles. The van der Waals surface area contributed by atoms with Crippen LogP contribution in [0, 0.1) is 35.5 Å². The van der Waals surface area contributed by atoms with Crippen molar-refractivity contribution in [2.45, 2.75) is 183 Å². The van der Waals surface area contributed by atoms with Gasteiger partial charge in [0, 0.05) is 31.8 Å². The molecule has 2 saturated heterocycles. The average Bonchev–Trinajstić information content (AvgIpc) is 4.26. The number of benzene rings is 2. The molecule has 2 aromatic rings. The summed E-state index contributed by atoms with van der Waals surface area (Å²) in [6.45, 7) is 4.72. The van der Waals surface area contributed by atoms with E-state index in [-0.39, 0.29) is 84.9 Å². The molecule has 2 aromatic carbocycles. The van der Waals surface area contributed by atoms with Crippen LogP contribution in [0.15, 0.2) is 48.5 Å². The average molecular weight is 1010 g/mol. The van der Waals surface area contributed by atoms with Crippen molar-refractivity contribution in [3.05, 3.63) is 70.8 Å². The van der Waals surface area contributed by atoms with Crippen molar-refractivity contribution in [1.29, 1.82) is 0 Å². The number of ketones is 1. The number of fused-ring (bicyclic) bond motifs is 2. The molecular formula is C59H79N7O8. The lowest BCUT2D eigenvalue weighted by molar-refractivity contribution is -0.143. The lowest BCUT2D eigenvalue weighted by Crippen LogP contribution is -2.58. The highest BCUT2D eigenvalue weighted by Gasteiger charge is 2.45. The molecule has 0 unspecified atom stereocenters. The van der Waals surface area contributed by atoms with E-state index in [1.54, 1.807) is 37.7 Å². The van der Waals surface area contributed by atoms with Crippen LogP contribution in [0.2, 0.25) is 0 Å². The molecule has 8 rings (SSSR count). The standard InChI is InChI=1S/C59H79N7O8/c1-38(60-3)55(68)62-52(40-21-9-7-10-22-40)58(71)65-31-19-29-47(65)49(67)37-46-44-27-15-13-25-42(44)35-50(46)73-33-17-5-6-18-34-74-51-36-43-26-14-16-28-45(43)54(51)64-57(70)48-30-20-32-66(48)59(72)53(41-23-11-8-12-24-41)63-56(69)39(2)61-4/h13-16,25-28,38-41,46-48,50-54,60-61H,7-12,19-24,29-37H2,1-4H3,(H,62,68)(H,63,69)(H,64,70)/t38-,39-,46-,47-,48-,50+,51+,52-,53-,54-/m0/s1. The highest BCUT2D eigenvalue weighted by Crippen LogP contribution is 2.40. The number of nitrogens with one attached hydrogen (secondary N) is 5. The second-order valence-electron chi connectivity index (χ2n) is 21.5. The van der Waals surface area contributed by atoms with Crippen LogP contribution in [0.25, 0.3) is 0 Å². The van der Waals surface area contributed by atoms with Gasteiger partial charge in [-0.2, -0.15) is 0 Å². The highest BCUT2D eigenvalue weighted by atomic mass is 16.5. The first-order chi connectivity index (χ1) is 36.0. The van der Waals surface area contributed by atoms with E-state index in [4.69, 9.17) is 9.47 Å². The first-order valence-corrected chi connectivity index (χ1v) is 27.7. The third-order valence-electron chi connectivity index (χ3n) is 17.0. The molecule has 2 heterocycles. The monoisotopic (exact) mass is 1010 g/mol. The zero-order valence-corrected chi connectivity index (χ0v) is 44.1. The van der Waals surface area contributed by atoms with Crippen molar-refractivity contribution in [2.24, 2.45) is 11.8 Å². The molecule has 5 N–H and O–H groups in total. The molecule has 0 aromatic heterocycles. The van der Waals surface area contributed by atoms with E-state index in [0.717, 1.165) is 92.9 Å². The number of nitrogens with zero attached hydrogens (tertiary/aromatic N) is 2. The fourth-order valence-electron chi connectivity index (χ4n) is 12.5. The largest absolute Gasteiger partial charge is 0.365 e. The first kappa shape index (κ1) is 54.7. The molecule has 5 amide bonds. The lowest BCUT2D eigenvalue weighted by Gasteiger charge is -2.35. The van der Waals surface area contributed by atoms with Gasteiger partial charge in [-0.05, 0) is 132 Å². The number of ether oxygens (including phenoxy) is 2. The maximum atomic E-state index is 14.4. The Hall–Kier alpha value is -5.58. The van der Waals surface area contributed by atoms with Crippen LogP contribution >= 0.6 is 0 Å². The molecule has 15 heteroatoms. The predicted octanol–water partition coefficient (Wildman–Crippen LogP) is 4.80. The van der Waals surface area contributed by atoms with E-state index in [9.17, 15) is 28.8 Å². The van der Waals surface area contributed by atoms with Crippen LogP contribution in [0.4, 0.5) is 0 Å². The number of rotatable bonds is 19. The summed E-state index contributed by atoms with van der Waals surface area (Å²) in [5.74, 6) is 10.8. The zero-order chi connectivity index (χ0) is 52.1. The van der Waals surface area contributed by atoms with E-state index in [0.29, 0.717) is 45.2 Å². The molecule has 4 aliphatic carbocycles. The van der Waals surface area contributed by atoms with Gasteiger partial charge in [0.1, 0.15) is 31.3 Å². The van der Waals surface area contributed by atoms with Crippen LogP contribution in [0.1, 0.15) is 144 Å². The van der Waals surface area contributed by atoms with Gasteiger partial charge in [-0.25, -0.2) is 0 Å². The minimum absolute atomic E-state index is 0.0171. The van der Waals surface area contributed by atoms with E-state index in [1.807, 2.05) is 36.4 Å². The van der Waals surface area contributed by atoms with Crippen molar-refractivity contribution in [3.8, 4) is 23.7 Å². The second-order valence-corrected chi connectivity index (χ2v) is 21.5. The third kappa shape index (κ3) is 13.1. The number of Topliss-reactive ketones (excluding diaryl/α,β-unsaturated/α-hetero) is 1. The van der Waals surface area contributed by atoms with Crippen LogP contribution in [-0.2, 0) is 51.1 Å². The number of carbonyl (C=O) groups is 6. The summed E-state index contributed by atoms with van der Waals surface area (Å²) in [7, 11) is 3.45. The fourth-order valence-corrected chi connectivity index (χ4v) is 12.5. The molecule has 6 aliphatic rings. The molecule has 10 atom stereocenters. The molecule has 0 bridgehead atoms. The van der Waals surface area contributed by atoms with Gasteiger partial charge in [0.15, 0.2) is 5.78 Å². The number of likely N-dealkylation sites (tertiary alicyclic amines) is 2. The van der Waals surface area contributed by atoms with Crippen molar-refractivity contribution in [3.63, 3.8) is 0 Å². The van der Waals surface area contributed by atoms with Crippen LogP contribution in [0.5, 0.6) is 0 Å². The molecule has 0 spiro atoms. The Bertz CT molecular complexity index is 2280. The Morgan fingerprint density at radius 3 is 1.62 bits per heavy atom. The maximum Gasteiger partial charge on any atom is 0.246 e. The van der Waals surface area contributed by atoms with Gasteiger partial charge in [-0.3, -0.25) is 28.8 Å². The molecule has 74 heavy (non-hydrogen) atoms. The van der Waals surface area contributed by atoms with Crippen molar-refractivity contribution in [1.82, 2.24) is 36.4 Å². The Balaban J connectivity index is 0.858. The number of amides is 5. The quantitative estimate of drug-likeness (QED) is 0.122. The summed E-state index contributed by atoms with van der Waals surface area (Å²) in [6, 6.07) is 12.3. The number of carbonyl (C=O) groups excluding carboxylic acids is 6. The van der Waals surface area contributed by atoms with E-state index in [1.165, 1.54) is 0 Å². The number of hydrogen-bond acceptors (Lipinski definition) is 10. The SMILES string of the molecule is CN[C@@H](C)C(=O)N[C@H](C(=O)N1CCC[C@H]1C(=O)C[C@H]1c2ccccc2C[C@H]1OCC#CC#CCO[C@@H]1Cc2ccccc2[C@@H]1NC(=O)[C@@H]1CCCN1C(=O)[C@@H](NC(=O)[C@H](C)NC)C1CCCCC1)C1CCCCC1. The van der Waals surface area contributed by atoms with Gasteiger partial charge < -0.3 is 45.9 Å². The second kappa shape index (κ2) is 26.3. The van der Waals surface area contributed by atoms with Gasteiger partial charge >= 0.3 is 0 Å². The smallest absolute Gasteiger partial charge is 0.246 e. The van der Waals surface area contributed by atoms with E-state index >= 15 is 0 Å². The first-order valence-electron chi connectivity index (χ1n) is 27.7. The van der Waals surface area contributed by atoms with Crippen molar-refractivity contribution < 1.29 is 38.2 Å². The minimum atomic E-state index is -0.677. The topological polar surface area (TPSA) is 188 Å². The summed E-state index contributed by atoms with van der Waals surface area (Å²) in [5.41, 5.74) is 4.28. The Kier molecular flexibility index (Phi) is 19.4. The number of hydrogen-bond donors (Lipinski definition) is 5. The fraction of sp³-hybridized carbons (Fsp3) is 0.627. The van der Waals surface area contributed by atoms with Gasteiger partial charge in [0.05, 0.1) is 36.4 Å². The van der Waals surface area contributed by atoms with Gasteiger partial charge in [0.2, 0.25) is 29.5 Å². The van der Waals surface area contributed by atoms with Crippen LogP contribution in [-0.4, -0.2) is 134 Å². The summed E-state index contributed by atoms with van der Waals surface area (Å²) in [4.78, 5) is 86.9. The van der Waals surface area contributed by atoms with Gasteiger partial charge in [0.25, 0.3) is 0 Å². The summed E-state index contributed by atoms with van der Waals surface area (Å²) in [5, 5.41) is 15.4. The third-order valence-corrected chi connectivity index (χ3v) is 17.0. The highest BCUT2D eigenvalue weighted by molar-refractivity contribution is 5.95. The predicted molar refractivity (Wildman–Crippen MR) is 282 cm³/mol. The van der Waals surface area contributed by atoms with Crippen molar-refractivity contribution in [2.75, 3.05) is 40.4 Å². The summed E-state index contributed by atoms with van der Waals surface area (Å²) < 4.78 is 12.7. The molecule has 2 aliphatic heterocycles. The number of likely N-dealkylation sites (N-methyl/N-ethyl adjacent to an activating group) is 2. The van der Waals surface area contributed by atoms with Crippen molar-refractivity contribution >= 4 is 35.3 Å². The van der Waals surface area contributed by atoms with E-state index < -0.39 is 42.3 Å². The normalized spacial score (nSPS) is 25.2. The Morgan fingerprint density at radius 2 is 1.07 bits per heavy atom. The molecule has 0 radical (unpaired) electrons. The van der Waals surface area contributed by atoms with Gasteiger partial charge in [-0.1, -0.05) is 98.9 Å². The minimum Gasteiger partial charge on any atom is -0.365 e. The van der Waals surface area contributed by atoms with Gasteiger partial charge in [-0.15, -0.1) is 0 Å². The zero-order valence-electron chi connectivity index (χ0n) is 44.1. The van der Waals surface area contributed by atoms with Crippen LogP contribution < -0.4 is 26.6 Å². The van der Waals surface area contributed by atoms with Crippen LogP contribution in [0.3, 0.4) is 0 Å².